The van der Waals surface area contributed by atoms with E-state index < -0.39 is 0 Å². The number of rotatable bonds is 7. The number of methoxy groups -OCH3 is 1. The van der Waals surface area contributed by atoms with Gasteiger partial charge in [-0.2, -0.15) is 0 Å². The van der Waals surface area contributed by atoms with Crippen LogP contribution in [0.2, 0.25) is 0 Å². The van der Waals surface area contributed by atoms with Crippen LogP contribution < -0.4 is 15.6 Å². The number of nitrogens with zero attached hydrogens (tertiary/aromatic N) is 1. The predicted octanol–water partition coefficient (Wildman–Crippen LogP) is 5.79. The predicted molar refractivity (Wildman–Crippen MR) is 147 cm³/mol. The number of benzene rings is 3. The van der Waals surface area contributed by atoms with Gasteiger partial charge in [-0.15, -0.1) is 0 Å². The largest absolute Gasteiger partial charge is 0.497 e. The number of hydrogen-bond acceptors (Lipinski definition) is 3. The van der Waals surface area contributed by atoms with Crippen LogP contribution in [0.1, 0.15) is 40.8 Å². The summed E-state index contributed by atoms with van der Waals surface area (Å²) in [6, 6.07) is 24.3. The number of hydrogen-bond donors (Lipinski definition) is 2. The van der Waals surface area contributed by atoms with Crippen molar-refractivity contribution in [3.8, 4) is 5.75 Å². The summed E-state index contributed by atoms with van der Waals surface area (Å²) < 4.78 is 5.30. The van der Waals surface area contributed by atoms with E-state index >= 15 is 0 Å². The van der Waals surface area contributed by atoms with Crippen molar-refractivity contribution in [2.45, 2.75) is 39.9 Å². The molecule has 0 spiro atoms. The van der Waals surface area contributed by atoms with E-state index in [1.165, 1.54) is 0 Å². The van der Waals surface area contributed by atoms with E-state index in [2.05, 4.69) is 42.3 Å². The van der Waals surface area contributed by atoms with Gasteiger partial charge in [-0.05, 0) is 79.5 Å². The van der Waals surface area contributed by atoms with Crippen molar-refractivity contribution in [1.82, 2.24) is 15.2 Å². The van der Waals surface area contributed by atoms with Crippen LogP contribution in [0.5, 0.6) is 5.75 Å². The molecule has 0 saturated carbocycles. The van der Waals surface area contributed by atoms with Gasteiger partial charge in [0.1, 0.15) is 5.75 Å². The second kappa shape index (κ2) is 10.7. The van der Waals surface area contributed by atoms with Crippen molar-refractivity contribution < 1.29 is 4.74 Å². The molecular weight excluding hydrogens is 454 g/mol. The molecule has 0 radical (unpaired) electrons. The highest BCUT2D eigenvalue weighted by Crippen LogP contribution is 2.21. The maximum absolute atomic E-state index is 13.0. The Labute approximate surface area is 211 Å². The van der Waals surface area contributed by atoms with E-state index in [-0.39, 0.29) is 11.6 Å². The van der Waals surface area contributed by atoms with Gasteiger partial charge in [-0.1, -0.05) is 48.5 Å². The van der Waals surface area contributed by atoms with Crippen LogP contribution in [-0.2, 0) is 13.1 Å². The molecule has 180 valence electrons. The third-order valence-electron chi connectivity index (χ3n) is 6.21. The van der Waals surface area contributed by atoms with Gasteiger partial charge < -0.3 is 19.9 Å². The molecule has 4 rings (SSSR count). The van der Waals surface area contributed by atoms with Crippen molar-refractivity contribution in [1.29, 1.82) is 0 Å². The Hall–Kier alpha value is -3.64. The lowest BCUT2D eigenvalue weighted by molar-refractivity contribution is 0.390. The van der Waals surface area contributed by atoms with Crippen LogP contribution in [-0.4, -0.2) is 22.1 Å². The molecule has 0 saturated heterocycles. The average Bonchev–Trinajstić information content (AvgIpc) is 2.85. The number of pyridine rings is 1. The fourth-order valence-electron chi connectivity index (χ4n) is 4.29. The molecule has 4 aromatic rings. The minimum absolute atomic E-state index is 0.0298. The van der Waals surface area contributed by atoms with Crippen LogP contribution in [0.15, 0.2) is 77.6 Å². The number of aromatic nitrogens is 1. The molecule has 0 aliphatic rings. The standard InChI is InChI=1S/C29H31N3O2S/c1-19-14-20(2)26-16-24(28(33)31-27(26)15-19)18-32(17-22-10-12-25(34-4)13-11-22)29(35)30-21(3)23-8-6-5-7-9-23/h5-16,21H,17-18H2,1-4H3,(H,30,35)(H,31,33). The number of H-pyrrole nitrogens is 1. The minimum atomic E-state index is -0.0962. The maximum atomic E-state index is 13.0. The number of thiocarbonyl (C=S) groups is 1. The van der Waals surface area contributed by atoms with E-state index in [0.717, 1.165) is 38.9 Å². The van der Waals surface area contributed by atoms with E-state index in [1.54, 1.807) is 7.11 Å². The van der Waals surface area contributed by atoms with Crippen LogP contribution in [0.25, 0.3) is 10.9 Å². The van der Waals surface area contributed by atoms with Gasteiger partial charge in [0, 0.05) is 23.0 Å². The quantitative estimate of drug-likeness (QED) is 0.325. The van der Waals surface area contributed by atoms with Gasteiger partial charge >= 0.3 is 0 Å². The second-order valence-corrected chi connectivity index (χ2v) is 9.34. The first-order chi connectivity index (χ1) is 16.8. The Kier molecular flexibility index (Phi) is 7.51. The summed E-state index contributed by atoms with van der Waals surface area (Å²) >= 11 is 5.86. The lowest BCUT2D eigenvalue weighted by Gasteiger charge is -2.28. The molecule has 1 atom stereocenters. The number of aromatic amines is 1. The molecular formula is C29H31N3O2S. The first-order valence-electron chi connectivity index (χ1n) is 11.7. The third-order valence-corrected chi connectivity index (χ3v) is 6.59. The molecule has 1 aromatic heterocycles. The SMILES string of the molecule is COc1ccc(CN(Cc2cc3c(C)cc(C)cc3[nH]c2=O)C(=S)NC(C)c2ccccc2)cc1. The highest BCUT2D eigenvalue weighted by molar-refractivity contribution is 7.80. The van der Waals surface area contributed by atoms with Crippen molar-refractivity contribution in [2.75, 3.05) is 7.11 Å². The molecule has 1 unspecified atom stereocenters. The van der Waals surface area contributed by atoms with Crippen molar-refractivity contribution in [3.63, 3.8) is 0 Å². The number of aryl methyl sites for hydroxylation is 2. The average molecular weight is 486 g/mol. The summed E-state index contributed by atoms with van der Waals surface area (Å²) in [7, 11) is 1.65. The highest BCUT2D eigenvalue weighted by Gasteiger charge is 2.17. The Morgan fingerprint density at radius 2 is 1.74 bits per heavy atom. The fraction of sp³-hybridized carbons (Fsp3) is 0.241. The van der Waals surface area contributed by atoms with Crippen LogP contribution in [0.3, 0.4) is 0 Å². The Balaban J connectivity index is 1.64. The minimum Gasteiger partial charge on any atom is -0.497 e. The summed E-state index contributed by atoms with van der Waals surface area (Å²) in [6.45, 7) is 7.13. The molecule has 0 amide bonds. The molecule has 5 nitrogen and oxygen atoms in total. The second-order valence-electron chi connectivity index (χ2n) is 8.95. The molecule has 0 aliphatic heterocycles. The van der Waals surface area contributed by atoms with E-state index in [9.17, 15) is 4.79 Å². The Morgan fingerprint density at radius 1 is 1.03 bits per heavy atom. The summed E-state index contributed by atoms with van der Waals surface area (Å²) in [5.74, 6) is 0.801. The first-order valence-corrected chi connectivity index (χ1v) is 12.1. The maximum Gasteiger partial charge on any atom is 0.253 e. The molecule has 2 N–H and O–H groups in total. The molecule has 0 aliphatic carbocycles. The van der Waals surface area contributed by atoms with E-state index in [4.69, 9.17) is 17.0 Å². The fourth-order valence-corrected chi connectivity index (χ4v) is 4.60. The zero-order valence-electron chi connectivity index (χ0n) is 20.6. The molecule has 0 bridgehead atoms. The molecule has 1 heterocycles. The zero-order valence-corrected chi connectivity index (χ0v) is 21.4. The van der Waals surface area contributed by atoms with Crippen LogP contribution in [0.4, 0.5) is 0 Å². The van der Waals surface area contributed by atoms with Crippen molar-refractivity contribution in [3.05, 3.63) is 111 Å². The molecule has 35 heavy (non-hydrogen) atoms. The topological polar surface area (TPSA) is 57.4 Å². The lowest BCUT2D eigenvalue weighted by atomic mass is 10.0. The lowest BCUT2D eigenvalue weighted by Crippen LogP contribution is -2.41. The third kappa shape index (κ3) is 5.89. The summed E-state index contributed by atoms with van der Waals surface area (Å²) in [5, 5.41) is 5.10. The normalized spacial score (nSPS) is 11.8. The number of fused-ring (bicyclic) bond motifs is 1. The molecule has 6 heteroatoms. The molecule has 3 aromatic carbocycles. The molecule has 0 fully saturated rings. The van der Waals surface area contributed by atoms with Crippen molar-refractivity contribution in [2.24, 2.45) is 0 Å². The van der Waals surface area contributed by atoms with Gasteiger partial charge in [0.25, 0.3) is 5.56 Å². The smallest absolute Gasteiger partial charge is 0.253 e. The van der Waals surface area contributed by atoms with Gasteiger partial charge in [0.2, 0.25) is 0 Å². The van der Waals surface area contributed by atoms with E-state index in [1.807, 2.05) is 66.4 Å². The zero-order chi connectivity index (χ0) is 24.9. The summed E-state index contributed by atoms with van der Waals surface area (Å²) in [6.07, 6.45) is 0. The first kappa shape index (κ1) is 24.5. The Bertz CT molecular complexity index is 1380. The number of nitrogens with one attached hydrogen (secondary N) is 2. The van der Waals surface area contributed by atoms with Gasteiger partial charge in [-0.25, -0.2) is 0 Å². The Morgan fingerprint density at radius 3 is 2.43 bits per heavy atom. The van der Waals surface area contributed by atoms with Gasteiger partial charge in [0.15, 0.2) is 5.11 Å². The van der Waals surface area contributed by atoms with Crippen LogP contribution >= 0.6 is 12.2 Å². The number of ether oxygens (including phenoxy) is 1. The highest BCUT2D eigenvalue weighted by atomic mass is 32.1. The van der Waals surface area contributed by atoms with Gasteiger partial charge in [-0.3, -0.25) is 4.79 Å². The monoisotopic (exact) mass is 485 g/mol. The summed E-state index contributed by atoms with van der Waals surface area (Å²) in [5.41, 5.74) is 5.92. The van der Waals surface area contributed by atoms with E-state index in [0.29, 0.717) is 23.8 Å². The summed E-state index contributed by atoms with van der Waals surface area (Å²) in [4.78, 5) is 18.1. The van der Waals surface area contributed by atoms with Gasteiger partial charge in [0.05, 0.1) is 19.7 Å². The van der Waals surface area contributed by atoms with Crippen molar-refractivity contribution >= 4 is 28.2 Å². The van der Waals surface area contributed by atoms with Crippen LogP contribution in [0, 0.1) is 13.8 Å².